The van der Waals surface area contributed by atoms with Gasteiger partial charge < -0.3 is 15.7 Å². The van der Waals surface area contributed by atoms with Gasteiger partial charge in [0, 0.05) is 18.8 Å². The zero-order valence-corrected chi connectivity index (χ0v) is 9.21. The summed E-state index contributed by atoms with van der Waals surface area (Å²) in [5.41, 5.74) is 6.41. The largest absolute Gasteiger partial charge is 0.508 e. The number of aromatic amines is 1. The number of nitrogens with zero attached hydrogens (tertiary/aromatic N) is 2. The minimum Gasteiger partial charge on any atom is -0.508 e. The summed E-state index contributed by atoms with van der Waals surface area (Å²) in [7, 11) is 1.63. The number of hydrogen-bond donors (Lipinski definition) is 3. The van der Waals surface area contributed by atoms with Gasteiger partial charge >= 0.3 is 0 Å². The fourth-order valence-corrected chi connectivity index (χ4v) is 1.42. The standard InChI is InChI=1S/C11H12N4O2/c1-15(7-2-4-8(16)5-3-7)11(17)9-6-10(12)14-13-9/h2-6,16H,1H3,(H3,12,13,14). The average molecular weight is 232 g/mol. The molecule has 0 radical (unpaired) electrons. The number of rotatable bonds is 2. The van der Waals surface area contributed by atoms with Crippen molar-refractivity contribution < 1.29 is 9.90 Å². The fourth-order valence-electron chi connectivity index (χ4n) is 1.42. The van der Waals surface area contributed by atoms with E-state index in [4.69, 9.17) is 10.8 Å². The van der Waals surface area contributed by atoms with E-state index in [-0.39, 0.29) is 17.5 Å². The summed E-state index contributed by atoms with van der Waals surface area (Å²) >= 11 is 0. The number of H-pyrrole nitrogens is 1. The highest BCUT2D eigenvalue weighted by molar-refractivity contribution is 6.04. The van der Waals surface area contributed by atoms with Crippen molar-refractivity contribution >= 4 is 17.4 Å². The van der Waals surface area contributed by atoms with Gasteiger partial charge in [-0.2, -0.15) is 5.10 Å². The van der Waals surface area contributed by atoms with Gasteiger partial charge in [0.1, 0.15) is 17.3 Å². The lowest BCUT2D eigenvalue weighted by Crippen LogP contribution is -2.26. The summed E-state index contributed by atoms with van der Waals surface area (Å²) in [4.78, 5) is 13.4. The van der Waals surface area contributed by atoms with Crippen LogP contribution in [0.25, 0.3) is 0 Å². The molecule has 0 unspecified atom stereocenters. The molecule has 0 spiro atoms. The topological polar surface area (TPSA) is 95.2 Å². The normalized spacial score (nSPS) is 10.2. The first-order chi connectivity index (χ1) is 8.08. The SMILES string of the molecule is CN(C(=O)c1cc(N)n[nH]1)c1ccc(O)cc1. The van der Waals surface area contributed by atoms with Crippen molar-refractivity contribution in [3.63, 3.8) is 0 Å². The number of hydrogen-bond acceptors (Lipinski definition) is 4. The second-order valence-corrected chi connectivity index (χ2v) is 3.59. The monoisotopic (exact) mass is 232 g/mol. The molecule has 6 nitrogen and oxygen atoms in total. The lowest BCUT2D eigenvalue weighted by Gasteiger charge is -2.16. The number of carbonyl (C=O) groups is 1. The van der Waals surface area contributed by atoms with E-state index >= 15 is 0 Å². The first kappa shape index (κ1) is 11.0. The molecule has 0 fully saturated rings. The second kappa shape index (κ2) is 4.17. The van der Waals surface area contributed by atoms with E-state index < -0.39 is 0 Å². The Morgan fingerprint density at radius 1 is 1.41 bits per heavy atom. The summed E-state index contributed by atoms with van der Waals surface area (Å²) in [6.07, 6.45) is 0. The van der Waals surface area contributed by atoms with Crippen molar-refractivity contribution in [3.05, 3.63) is 36.0 Å². The molecule has 1 aromatic carbocycles. The maximum atomic E-state index is 12.0. The third kappa shape index (κ3) is 2.20. The van der Waals surface area contributed by atoms with Gasteiger partial charge in [-0.25, -0.2) is 0 Å². The van der Waals surface area contributed by atoms with Crippen molar-refractivity contribution in [3.8, 4) is 5.75 Å². The number of phenols is 1. The van der Waals surface area contributed by atoms with Crippen LogP contribution in [-0.2, 0) is 0 Å². The zero-order chi connectivity index (χ0) is 12.4. The summed E-state index contributed by atoms with van der Waals surface area (Å²) in [6, 6.07) is 7.79. The molecule has 17 heavy (non-hydrogen) atoms. The van der Waals surface area contributed by atoms with Crippen molar-refractivity contribution in [1.29, 1.82) is 0 Å². The lowest BCUT2D eigenvalue weighted by atomic mass is 10.2. The molecule has 0 atom stereocenters. The molecule has 1 heterocycles. The van der Waals surface area contributed by atoms with E-state index in [2.05, 4.69) is 10.2 Å². The number of nitrogens with one attached hydrogen (secondary N) is 1. The van der Waals surface area contributed by atoms with Gasteiger partial charge in [-0.15, -0.1) is 0 Å². The Morgan fingerprint density at radius 3 is 2.59 bits per heavy atom. The molecule has 0 saturated heterocycles. The number of carbonyl (C=O) groups excluding carboxylic acids is 1. The summed E-state index contributed by atoms with van der Waals surface area (Å²) in [5.74, 6) is 0.174. The number of nitrogen functional groups attached to an aromatic ring is 1. The van der Waals surface area contributed by atoms with Crippen LogP contribution in [0.3, 0.4) is 0 Å². The predicted molar refractivity (Wildman–Crippen MR) is 63.8 cm³/mol. The summed E-state index contributed by atoms with van der Waals surface area (Å²) in [5, 5.41) is 15.4. The van der Waals surface area contributed by atoms with Crippen molar-refractivity contribution in [2.45, 2.75) is 0 Å². The van der Waals surface area contributed by atoms with E-state index in [0.717, 1.165) is 0 Å². The third-order valence-corrected chi connectivity index (χ3v) is 2.37. The summed E-state index contributed by atoms with van der Waals surface area (Å²) < 4.78 is 0. The van der Waals surface area contributed by atoms with Crippen LogP contribution in [0, 0.1) is 0 Å². The maximum Gasteiger partial charge on any atom is 0.276 e. The maximum absolute atomic E-state index is 12.0. The number of benzene rings is 1. The van der Waals surface area contributed by atoms with Crippen LogP contribution in [0.5, 0.6) is 5.75 Å². The van der Waals surface area contributed by atoms with Crippen LogP contribution < -0.4 is 10.6 Å². The van der Waals surface area contributed by atoms with Crippen LogP contribution in [0.4, 0.5) is 11.5 Å². The molecule has 0 bridgehead atoms. The Morgan fingerprint density at radius 2 is 2.06 bits per heavy atom. The molecule has 88 valence electrons. The number of anilines is 2. The van der Waals surface area contributed by atoms with E-state index in [0.29, 0.717) is 11.4 Å². The molecule has 2 aromatic rings. The Balaban J connectivity index is 2.23. The molecular weight excluding hydrogens is 220 g/mol. The molecular formula is C11H12N4O2. The average Bonchev–Trinajstić information content (AvgIpc) is 2.75. The highest BCUT2D eigenvalue weighted by atomic mass is 16.3. The quantitative estimate of drug-likeness (QED) is 0.719. The predicted octanol–water partition coefficient (Wildman–Crippen LogP) is 0.974. The van der Waals surface area contributed by atoms with Crippen LogP contribution in [-0.4, -0.2) is 28.3 Å². The minimum absolute atomic E-state index is 0.153. The first-order valence-electron chi connectivity index (χ1n) is 4.96. The number of phenolic OH excluding ortho intramolecular Hbond substituents is 1. The van der Waals surface area contributed by atoms with Gasteiger partial charge in [-0.3, -0.25) is 9.89 Å². The minimum atomic E-state index is -0.250. The molecule has 4 N–H and O–H groups in total. The first-order valence-corrected chi connectivity index (χ1v) is 4.96. The molecule has 0 aliphatic heterocycles. The highest BCUT2D eigenvalue weighted by Crippen LogP contribution is 2.18. The van der Waals surface area contributed by atoms with Gasteiger partial charge in [0.2, 0.25) is 0 Å². The van der Waals surface area contributed by atoms with Crippen LogP contribution in [0.2, 0.25) is 0 Å². The van der Waals surface area contributed by atoms with Crippen molar-refractivity contribution in [1.82, 2.24) is 10.2 Å². The smallest absolute Gasteiger partial charge is 0.276 e. The van der Waals surface area contributed by atoms with Gasteiger partial charge in [0.25, 0.3) is 5.91 Å². The highest BCUT2D eigenvalue weighted by Gasteiger charge is 2.15. The summed E-state index contributed by atoms with van der Waals surface area (Å²) in [6.45, 7) is 0. The molecule has 6 heteroatoms. The molecule has 2 rings (SSSR count). The van der Waals surface area contributed by atoms with E-state index in [1.54, 1.807) is 19.2 Å². The molecule has 0 saturated carbocycles. The van der Waals surface area contributed by atoms with E-state index in [1.165, 1.54) is 23.1 Å². The number of aromatic hydroxyl groups is 1. The fraction of sp³-hybridized carbons (Fsp3) is 0.0909. The Hall–Kier alpha value is -2.50. The van der Waals surface area contributed by atoms with Crippen LogP contribution in [0.1, 0.15) is 10.5 Å². The number of aromatic nitrogens is 2. The Kier molecular flexibility index (Phi) is 2.70. The van der Waals surface area contributed by atoms with Gasteiger partial charge in [0.05, 0.1) is 0 Å². The Bertz CT molecular complexity index is 533. The second-order valence-electron chi connectivity index (χ2n) is 3.59. The van der Waals surface area contributed by atoms with E-state index in [9.17, 15) is 4.79 Å². The van der Waals surface area contributed by atoms with Gasteiger partial charge in [-0.05, 0) is 24.3 Å². The molecule has 0 aliphatic rings. The van der Waals surface area contributed by atoms with Crippen molar-refractivity contribution in [2.24, 2.45) is 0 Å². The number of nitrogens with two attached hydrogens (primary N) is 1. The number of amides is 1. The zero-order valence-electron chi connectivity index (χ0n) is 9.21. The lowest BCUT2D eigenvalue weighted by molar-refractivity contribution is 0.0988. The Labute approximate surface area is 97.7 Å². The third-order valence-electron chi connectivity index (χ3n) is 2.37. The van der Waals surface area contributed by atoms with Crippen LogP contribution in [0.15, 0.2) is 30.3 Å². The van der Waals surface area contributed by atoms with Crippen molar-refractivity contribution in [2.75, 3.05) is 17.7 Å². The van der Waals surface area contributed by atoms with Gasteiger partial charge in [0.15, 0.2) is 0 Å². The van der Waals surface area contributed by atoms with E-state index in [1.807, 2.05) is 0 Å². The molecule has 1 aromatic heterocycles. The van der Waals surface area contributed by atoms with Crippen LogP contribution >= 0.6 is 0 Å². The van der Waals surface area contributed by atoms with Gasteiger partial charge in [-0.1, -0.05) is 0 Å². The molecule has 0 aliphatic carbocycles. The molecule has 1 amide bonds.